The predicted octanol–water partition coefficient (Wildman–Crippen LogP) is 3.65. The Balaban J connectivity index is 1.70. The maximum Gasteiger partial charge on any atom is 0.408 e. The molecular weight excluding hydrogens is 374 g/mol. The van der Waals surface area contributed by atoms with Gasteiger partial charge in [0.05, 0.1) is 0 Å². The first kappa shape index (κ1) is 20.8. The summed E-state index contributed by atoms with van der Waals surface area (Å²) in [5.41, 5.74) is 1.44. The van der Waals surface area contributed by atoms with Crippen LogP contribution in [0.1, 0.15) is 36.5 Å². The minimum atomic E-state index is -1.33. The first-order chi connectivity index (χ1) is 14.1. The summed E-state index contributed by atoms with van der Waals surface area (Å²) in [6.07, 6.45) is 0.307. The third kappa shape index (κ3) is 6.30. The van der Waals surface area contributed by atoms with Crippen molar-refractivity contribution in [1.82, 2.24) is 5.32 Å². The molecule has 3 atom stereocenters. The Hall–Kier alpha value is -2.90. The Kier molecular flexibility index (Phi) is 7.61. The fourth-order valence-corrected chi connectivity index (χ4v) is 3.13. The van der Waals surface area contributed by atoms with E-state index in [1.54, 1.807) is 24.3 Å². The molecule has 3 unspecified atom stereocenters. The second kappa shape index (κ2) is 10.6. The van der Waals surface area contributed by atoms with Crippen molar-refractivity contribution in [2.24, 2.45) is 0 Å². The first-order valence-electron chi connectivity index (χ1n) is 9.65. The summed E-state index contributed by atoms with van der Waals surface area (Å²) < 4.78 is 16.8. The molecule has 0 spiro atoms. The molecule has 0 aromatic heterocycles. The van der Waals surface area contributed by atoms with Gasteiger partial charge in [0.25, 0.3) is 0 Å². The van der Waals surface area contributed by atoms with Crippen LogP contribution in [0.15, 0.2) is 60.7 Å². The zero-order valence-corrected chi connectivity index (χ0v) is 16.0. The Morgan fingerprint density at radius 1 is 1.07 bits per heavy atom. The van der Waals surface area contributed by atoms with E-state index in [0.29, 0.717) is 18.6 Å². The van der Waals surface area contributed by atoms with Gasteiger partial charge in [-0.05, 0) is 30.4 Å². The number of ether oxygens (including phenoxy) is 3. The number of amides is 1. The van der Waals surface area contributed by atoms with Gasteiger partial charge in [0, 0.05) is 6.61 Å². The molecule has 1 heterocycles. The Bertz CT molecular complexity index is 776. The third-order valence-corrected chi connectivity index (χ3v) is 4.62. The number of aliphatic carboxylic acids is 1. The quantitative estimate of drug-likeness (QED) is 0.704. The lowest BCUT2D eigenvalue weighted by atomic mass is 10.0. The molecule has 1 aliphatic heterocycles. The van der Waals surface area contributed by atoms with Crippen LogP contribution in [-0.2, 0) is 25.6 Å². The predicted molar refractivity (Wildman–Crippen MR) is 105 cm³/mol. The molecule has 7 heteroatoms. The lowest BCUT2D eigenvalue weighted by molar-refractivity contribution is -0.198. The molecule has 0 aliphatic carbocycles. The number of carboxylic acid groups (broad SMARTS) is 1. The number of alkyl carbamates (subject to hydrolysis) is 1. The van der Waals surface area contributed by atoms with E-state index in [9.17, 15) is 14.7 Å². The van der Waals surface area contributed by atoms with E-state index in [4.69, 9.17) is 14.2 Å². The number of rotatable bonds is 8. The molecule has 3 rings (SSSR count). The van der Waals surface area contributed by atoms with Crippen LogP contribution < -0.4 is 5.32 Å². The highest BCUT2D eigenvalue weighted by atomic mass is 16.7. The molecule has 1 aliphatic rings. The largest absolute Gasteiger partial charge is 0.480 e. The fraction of sp³-hybridized carbons (Fsp3) is 0.364. The number of carbonyl (C=O) groups excluding carboxylic acids is 1. The van der Waals surface area contributed by atoms with Crippen molar-refractivity contribution in [1.29, 1.82) is 0 Å². The highest BCUT2D eigenvalue weighted by Crippen LogP contribution is 2.27. The van der Waals surface area contributed by atoms with Crippen LogP contribution in [0.2, 0.25) is 0 Å². The Labute approximate surface area is 169 Å². The van der Waals surface area contributed by atoms with Gasteiger partial charge in [-0.15, -0.1) is 0 Å². The van der Waals surface area contributed by atoms with Gasteiger partial charge in [-0.2, -0.15) is 0 Å². The second-order valence-corrected chi connectivity index (χ2v) is 6.79. The highest BCUT2D eigenvalue weighted by molar-refractivity contribution is 5.80. The SMILES string of the molecule is O=C(NC(C(=O)O)C(OC1CCCCO1)c1ccccc1)OCc1ccccc1. The Morgan fingerprint density at radius 2 is 1.76 bits per heavy atom. The summed E-state index contributed by atoms with van der Waals surface area (Å²) in [5.74, 6) is -1.22. The number of carbonyl (C=O) groups is 2. The molecule has 1 saturated heterocycles. The molecule has 29 heavy (non-hydrogen) atoms. The van der Waals surface area contributed by atoms with Gasteiger partial charge in [0.1, 0.15) is 12.7 Å². The van der Waals surface area contributed by atoms with Crippen LogP contribution in [-0.4, -0.2) is 36.1 Å². The molecule has 7 nitrogen and oxygen atoms in total. The zero-order chi connectivity index (χ0) is 20.5. The van der Waals surface area contributed by atoms with Gasteiger partial charge in [-0.1, -0.05) is 60.7 Å². The van der Waals surface area contributed by atoms with Crippen molar-refractivity contribution in [2.75, 3.05) is 6.61 Å². The number of nitrogens with one attached hydrogen (secondary N) is 1. The van der Waals surface area contributed by atoms with Gasteiger partial charge in [-0.25, -0.2) is 9.59 Å². The van der Waals surface area contributed by atoms with E-state index in [-0.39, 0.29) is 6.61 Å². The van der Waals surface area contributed by atoms with Crippen LogP contribution in [0, 0.1) is 0 Å². The molecule has 0 radical (unpaired) electrons. The van der Waals surface area contributed by atoms with Crippen molar-refractivity contribution in [3.63, 3.8) is 0 Å². The minimum Gasteiger partial charge on any atom is -0.480 e. The molecule has 0 bridgehead atoms. The number of carboxylic acids is 1. The normalized spacial score (nSPS) is 18.4. The fourth-order valence-electron chi connectivity index (χ4n) is 3.13. The van der Waals surface area contributed by atoms with Crippen molar-refractivity contribution < 1.29 is 28.9 Å². The van der Waals surface area contributed by atoms with Gasteiger partial charge in [-0.3, -0.25) is 0 Å². The molecule has 1 fully saturated rings. The average Bonchev–Trinajstić information content (AvgIpc) is 2.76. The summed E-state index contributed by atoms with van der Waals surface area (Å²) in [4.78, 5) is 24.3. The van der Waals surface area contributed by atoms with Crippen LogP contribution in [0.4, 0.5) is 4.79 Å². The smallest absolute Gasteiger partial charge is 0.408 e. The molecule has 154 valence electrons. The summed E-state index contributed by atoms with van der Waals surface area (Å²) in [6.45, 7) is 0.609. The topological polar surface area (TPSA) is 94.1 Å². The average molecular weight is 399 g/mol. The lowest BCUT2D eigenvalue weighted by Gasteiger charge is -2.31. The van der Waals surface area contributed by atoms with E-state index in [1.165, 1.54) is 0 Å². The van der Waals surface area contributed by atoms with E-state index >= 15 is 0 Å². The summed E-state index contributed by atoms with van der Waals surface area (Å²) >= 11 is 0. The monoisotopic (exact) mass is 399 g/mol. The molecule has 1 amide bonds. The van der Waals surface area contributed by atoms with Crippen LogP contribution >= 0.6 is 0 Å². The van der Waals surface area contributed by atoms with Crippen molar-refractivity contribution in [3.05, 3.63) is 71.8 Å². The minimum absolute atomic E-state index is 0.0433. The van der Waals surface area contributed by atoms with Crippen LogP contribution in [0.5, 0.6) is 0 Å². The van der Waals surface area contributed by atoms with Crippen LogP contribution in [0.25, 0.3) is 0 Å². The number of benzene rings is 2. The van der Waals surface area contributed by atoms with Crippen molar-refractivity contribution in [2.45, 2.75) is 44.3 Å². The van der Waals surface area contributed by atoms with Gasteiger partial charge >= 0.3 is 12.1 Å². The highest BCUT2D eigenvalue weighted by Gasteiger charge is 2.35. The van der Waals surface area contributed by atoms with Crippen LogP contribution in [0.3, 0.4) is 0 Å². The maximum atomic E-state index is 12.3. The Morgan fingerprint density at radius 3 is 2.38 bits per heavy atom. The summed E-state index contributed by atoms with van der Waals surface area (Å²) in [6, 6.07) is 16.8. The van der Waals surface area contributed by atoms with Crippen molar-refractivity contribution in [3.8, 4) is 0 Å². The second-order valence-electron chi connectivity index (χ2n) is 6.79. The van der Waals surface area contributed by atoms with E-state index in [0.717, 1.165) is 18.4 Å². The number of hydrogen-bond acceptors (Lipinski definition) is 5. The summed E-state index contributed by atoms with van der Waals surface area (Å²) in [5, 5.41) is 12.2. The van der Waals surface area contributed by atoms with E-state index in [2.05, 4.69) is 5.32 Å². The maximum absolute atomic E-state index is 12.3. The summed E-state index contributed by atoms with van der Waals surface area (Å²) in [7, 11) is 0. The molecule has 2 N–H and O–H groups in total. The zero-order valence-electron chi connectivity index (χ0n) is 16.0. The third-order valence-electron chi connectivity index (χ3n) is 4.62. The molecular formula is C22H25NO6. The molecule has 2 aromatic carbocycles. The van der Waals surface area contributed by atoms with Gasteiger partial charge < -0.3 is 24.6 Å². The van der Waals surface area contributed by atoms with Crippen molar-refractivity contribution >= 4 is 12.1 Å². The van der Waals surface area contributed by atoms with E-state index < -0.39 is 30.5 Å². The first-order valence-corrected chi connectivity index (χ1v) is 9.65. The number of hydrogen-bond donors (Lipinski definition) is 2. The standard InChI is InChI=1S/C22H25NO6/c24-21(25)19(23-22(26)28-15-16-9-3-1-4-10-16)20(17-11-5-2-6-12-17)29-18-13-7-8-14-27-18/h1-6,9-12,18-20H,7-8,13-15H2,(H,23,26)(H,24,25). The van der Waals surface area contributed by atoms with E-state index in [1.807, 2.05) is 36.4 Å². The molecule has 2 aromatic rings. The lowest BCUT2D eigenvalue weighted by Crippen LogP contribution is -2.47. The van der Waals surface area contributed by atoms with Gasteiger partial charge in [0.2, 0.25) is 0 Å². The van der Waals surface area contributed by atoms with Gasteiger partial charge in [0.15, 0.2) is 12.3 Å². The molecule has 0 saturated carbocycles.